The van der Waals surface area contributed by atoms with Crippen molar-refractivity contribution in [2.75, 3.05) is 11.9 Å². The Labute approximate surface area is 137 Å². The summed E-state index contributed by atoms with van der Waals surface area (Å²) < 4.78 is 0.765. The lowest BCUT2D eigenvalue weighted by molar-refractivity contribution is 0.0951. The highest BCUT2D eigenvalue weighted by Gasteiger charge is 2.12. The highest BCUT2D eigenvalue weighted by molar-refractivity contribution is 9.10. The highest BCUT2D eigenvalue weighted by Crippen LogP contribution is 2.18. The van der Waals surface area contributed by atoms with E-state index in [1.54, 1.807) is 24.4 Å². The van der Waals surface area contributed by atoms with Gasteiger partial charge >= 0.3 is 0 Å². The molecule has 0 bridgehead atoms. The molecule has 6 heteroatoms. The predicted molar refractivity (Wildman–Crippen MR) is 88.7 cm³/mol. The molecule has 0 aliphatic rings. The molecule has 2 aromatic rings. The van der Waals surface area contributed by atoms with Crippen LogP contribution in [0.1, 0.15) is 22.8 Å². The van der Waals surface area contributed by atoms with E-state index < -0.39 is 0 Å². The highest BCUT2D eigenvalue weighted by atomic mass is 79.9. The van der Waals surface area contributed by atoms with Crippen molar-refractivity contribution in [1.82, 2.24) is 10.3 Å². The Morgan fingerprint density at radius 2 is 2.05 bits per heavy atom. The van der Waals surface area contributed by atoms with Crippen LogP contribution < -0.4 is 10.6 Å². The summed E-state index contributed by atoms with van der Waals surface area (Å²) in [4.78, 5) is 16.5. The van der Waals surface area contributed by atoms with Gasteiger partial charge < -0.3 is 10.6 Å². The summed E-state index contributed by atoms with van der Waals surface area (Å²) in [5, 5.41) is 6.63. The minimum Gasteiger partial charge on any atom is -0.370 e. The van der Waals surface area contributed by atoms with Crippen molar-refractivity contribution < 1.29 is 4.79 Å². The molecule has 0 saturated carbocycles. The normalized spacial score (nSPS) is 10.2. The second-order valence-electron chi connectivity index (χ2n) is 4.39. The number of carbonyl (C=O) groups excluding carboxylic acids is 1. The van der Waals surface area contributed by atoms with Gasteiger partial charge in [0, 0.05) is 28.8 Å². The van der Waals surface area contributed by atoms with Gasteiger partial charge in [-0.1, -0.05) is 23.7 Å². The molecule has 110 valence electrons. The Morgan fingerprint density at radius 3 is 2.71 bits per heavy atom. The minimum atomic E-state index is -0.172. The third kappa shape index (κ3) is 4.44. The number of hydrogen-bond donors (Lipinski definition) is 2. The van der Waals surface area contributed by atoms with Crippen molar-refractivity contribution in [3.63, 3.8) is 0 Å². The zero-order valence-electron chi connectivity index (χ0n) is 11.5. The van der Waals surface area contributed by atoms with Gasteiger partial charge in [0.05, 0.1) is 5.56 Å². The van der Waals surface area contributed by atoms with Gasteiger partial charge in [-0.3, -0.25) is 4.79 Å². The summed E-state index contributed by atoms with van der Waals surface area (Å²) in [7, 11) is 0. The number of carbonyl (C=O) groups is 1. The fourth-order valence-corrected chi connectivity index (χ4v) is 2.26. The van der Waals surface area contributed by atoms with Crippen LogP contribution in [0.4, 0.5) is 5.82 Å². The largest absolute Gasteiger partial charge is 0.370 e. The van der Waals surface area contributed by atoms with E-state index in [4.69, 9.17) is 11.6 Å². The van der Waals surface area contributed by atoms with Gasteiger partial charge in [-0.05, 0) is 46.6 Å². The van der Waals surface area contributed by atoms with Crippen LogP contribution in [0.3, 0.4) is 0 Å². The van der Waals surface area contributed by atoms with Crippen LogP contribution >= 0.6 is 27.5 Å². The zero-order valence-corrected chi connectivity index (χ0v) is 13.8. The maximum atomic E-state index is 12.3. The number of nitrogens with zero attached hydrogens (tertiary/aromatic N) is 1. The Hall–Kier alpha value is -1.59. The molecule has 1 aromatic heterocycles. The number of aromatic nitrogens is 1. The first-order valence-corrected chi connectivity index (χ1v) is 7.69. The van der Waals surface area contributed by atoms with E-state index in [9.17, 15) is 4.79 Å². The Morgan fingerprint density at radius 1 is 1.33 bits per heavy atom. The van der Waals surface area contributed by atoms with E-state index in [1.807, 2.05) is 19.1 Å². The molecule has 0 spiro atoms. The number of amides is 1. The number of halogens is 2. The van der Waals surface area contributed by atoms with Gasteiger partial charge in [0.25, 0.3) is 5.91 Å². The zero-order chi connectivity index (χ0) is 15.2. The quantitative estimate of drug-likeness (QED) is 0.842. The van der Waals surface area contributed by atoms with Gasteiger partial charge in [-0.25, -0.2) is 4.98 Å². The molecule has 2 N–H and O–H groups in total. The van der Waals surface area contributed by atoms with Crippen molar-refractivity contribution in [3.05, 3.63) is 57.2 Å². The number of nitrogens with one attached hydrogen (secondary N) is 2. The maximum absolute atomic E-state index is 12.3. The lowest BCUT2D eigenvalue weighted by Crippen LogP contribution is -2.24. The molecular formula is C15H15BrClN3O. The SMILES string of the molecule is CCNc1ncc(Br)cc1C(=O)NCc1ccc(Cl)cc1. The standard InChI is InChI=1S/C15H15BrClN3O/c1-2-18-14-13(7-11(16)9-19-14)15(21)20-8-10-3-5-12(17)6-4-10/h3-7,9H,2,8H2,1H3,(H,18,19)(H,20,21). The van der Waals surface area contributed by atoms with Crippen LogP contribution in [0.25, 0.3) is 0 Å². The lowest BCUT2D eigenvalue weighted by atomic mass is 10.2. The number of pyridine rings is 1. The van der Waals surface area contributed by atoms with Crippen molar-refractivity contribution in [2.24, 2.45) is 0 Å². The van der Waals surface area contributed by atoms with E-state index in [-0.39, 0.29) is 5.91 Å². The van der Waals surface area contributed by atoms with E-state index in [1.165, 1.54) is 0 Å². The third-order valence-corrected chi connectivity index (χ3v) is 3.50. The summed E-state index contributed by atoms with van der Waals surface area (Å²) in [6, 6.07) is 9.11. The number of hydrogen-bond acceptors (Lipinski definition) is 3. The Bertz CT molecular complexity index is 631. The first-order chi connectivity index (χ1) is 10.1. The van der Waals surface area contributed by atoms with Crippen molar-refractivity contribution in [1.29, 1.82) is 0 Å². The van der Waals surface area contributed by atoms with Crippen LogP contribution in [-0.2, 0) is 6.54 Å². The summed E-state index contributed by atoms with van der Waals surface area (Å²) >= 11 is 9.17. The van der Waals surface area contributed by atoms with Crippen molar-refractivity contribution >= 4 is 39.3 Å². The molecule has 0 radical (unpaired) electrons. The second kappa shape index (κ2) is 7.43. The van der Waals surface area contributed by atoms with Crippen LogP contribution in [0.2, 0.25) is 5.02 Å². The van der Waals surface area contributed by atoms with Crippen LogP contribution in [-0.4, -0.2) is 17.4 Å². The molecular weight excluding hydrogens is 354 g/mol. The summed E-state index contributed by atoms with van der Waals surface area (Å²) in [6.45, 7) is 3.10. The Kier molecular flexibility index (Phi) is 5.59. The molecule has 1 heterocycles. The first kappa shape index (κ1) is 15.8. The average molecular weight is 369 g/mol. The maximum Gasteiger partial charge on any atom is 0.255 e. The fourth-order valence-electron chi connectivity index (χ4n) is 1.80. The van der Waals surface area contributed by atoms with Gasteiger partial charge in [0.15, 0.2) is 0 Å². The molecule has 4 nitrogen and oxygen atoms in total. The van der Waals surface area contributed by atoms with Crippen molar-refractivity contribution in [3.8, 4) is 0 Å². The molecule has 0 aliphatic carbocycles. The van der Waals surface area contributed by atoms with Gasteiger partial charge in [0.2, 0.25) is 0 Å². The smallest absolute Gasteiger partial charge is 0.255 e. The molecule has 21 heavy (non-hydrogen) atoms. The molecule has 0 saturated heterocycles. The summed E-state index contributed by atoms with van der Waals surface area (Å²) in [5.41, 5.74) is 1.50. The Balaban J connectivity index is 2.09. The van der Waals surface area contributed by atoms with E-state index >= 15 is 0 Å². The molecule has 0 atom stereocenters. The van der Waals surface area contributed by atoms with E-state index in [0.717, 1.165) is 10.0 Å². The average Bonchev–Trinajstić information content (AvgIpc) is 2.48. The monoisotopic (exact) mass is 367 g/mol. The van der Waals surface area contributed by atoms with Gasteiger partial charge in [-0.15, -0.1) is 0 Å². The third-order valence-electron chi connectivity index (χ3n) is 2.81. The fraction of sp³-hybridized carbons (Fsp3) is 0.200. The topological polar surface area (TPSA) is 54.0 Å². The predicted octanol–water partition coefficient (Wildman–Crippen LogP) is 3.86. The number of anilines is 1. The van der Waals surface area contributed by atoms with Crippen LogP contribution in [0, 0.1) is 0 Å². The van der Waals surface area contributed by atoms with Crippen LogP contribution in [0.5, 0.6) is 0 Å². The lowest BCUT2D eigenvalue weighted by Gasteiger charge is -2.11. The number of rotatable bonds is 5. The molecule has 1 aromatic carbocycles. The molecule has 1 amide bonds. The second-order valence-corrected chi connectivity index (χ2v) is 5.74. The van der Waals surface area contributed by atoms with E-state index in [0.29, 0.717) is 29.5 Å². The molecule has 0 aliphatic heterocycles. The minimum absolute atomic E-state index is 0.172. The number of benzene rings is 1. The van der Waals surface area contributed by atoms with Crippen LogP contribution in [0.15, 0.2) is 41.0 Å². The van der Waals surface area contributed by atoms with E-state index in [2.05, 4.69) is 31.5 Å². The molecule has 0 fully saturated rings. The van der Waals surface area contributed by atoms with Gasteiger partial charge in [0.1, 0.15) is 5.82 Å². The van der Waals surface area contributed by atoms with Gasteiger partial charge in [-0.2, -0.15) is 0 Å². The summed E-state index contributed by atoms with van der Waals surface area (Å²) in [6.07, 6.45) is 1.66. The summed E-state index contributed by atoms with van der Waals surface area (Å²) in [5.74, 6) is 0.406. The molecule has 0 unspecified atom stereocenters. The molecule has 2 rings (SSSR count). The first-order valence-electron chi connectivity index (χ1n) is 6.52. The van der Waals surface area contributed by atoms with Crippen molar-refractivity contribution in [2.45, 2.75) is 13.5 Å².